The summed E-state index contributed by atoms with van der Waals surface area (Å²) < 4.78 is 5.26. The second kappa shape index (κ2) is 3.83. The van der Waals surface area contributed by atoms with Gasteiger partial charge in [-0.2, -0.15) is 0 Å². The first-order valence-corrected chi connectivity index (χ1v) is 4.00. The number of aliphatic hydroxyl groups is 1. The molecule has 1 aliphatic heterocycles. The number of ether oxygens (including phenoxy) is 1. The lowest BCUT2D eigenvalue weighted by atomic mass is 10.1. The summed E-state index contributed by atoms with van der Waals surface area (Å²) in [6, 6.07) is 0. The van der Waals surface area contributed by atoms with E-state index >= 15 is 0 Å². The molecule has 3 heteroatoms. The van der Waals surface area contributed by atoms with Crippen LogP contribution in [-0.4, -0.2) is 29.7 Å². The number of carbonyl (C=O) groups excluding carboxylic acids is 1. The summed E-state index contributed by atoms with van der Waals surface area (Å²) in [6.07, 6.45) is 1.78. The van der Waals surface area contributed by atoms with E-state index < -0.39 is 6.10 Å². The Labute approximate surface area is 66.4 Å². The maximum Gasteiger partial charge on any atom is 0.158 e. The van der Waals surface area contributed by atoms with Gasteiger partial charge < -0.3 is 9.84 Å². The van der Waals surface area contributed by atoms with Gasteiger partial charge in [-0.1, -0.05) is 0 Å². The Kier molecular flexibility index (Phi) is 3.02. The van der Waals surface area contributed by atoms with Crippen LogP contribution in [0.1, 0.15) is 26.2 Å². The van der Waals surface area contributed by atoms with Crippen LogP contribution in [-0.2, 0) is 9.53 Å². The topological polar surface area (TPSA) is 46.5 Å². The van der Waals surface area contributed by atoms with Crippen LogP contribution in [0.3, 0.4) is 0 Å². The second-order valence-corrected chi connectivity index (χ2v) is 3.00. The summed E-state index contributed by atoms with van der Waals surface area (Å²) in [7, 11) is 0. The molecule has 1 N–H and O–H groups in total. The third kappa shape index (κ3) is 2.60. The van der Waals surface area contributed by atoms with Gasteiger partial charge in [-0.15, -0.1) is 0 Å². The van der Waals surface area contributed by atoms with Gasteiger partial charge in [0.1, 0.15) is 6.10 Å². The molecule has 1 fully saturated rings. The van der Waals surface area contributed by atoms with Gasteiger partial charge in [0.15, 0.2) is 5.78 Å². The van der Waals surface area contributed by atoms with Crippen molar-refractivity contribution in [2.75, 3.05) is 6.61 Å². The molecule has 0 bridgehead atoms. The summed E-state index contributed by atoms with van der Waals surface area (Å²) in [6.45, 7) is 2.18. The highest BCUT2D eigenvalue weighted by atomic mass is 16.5. The zero-order chi connectivity index (χ0) is 8.27. The highest BCUT2D eigenvalue weighted by molar-refractivity contribution is 5.80. The first kappa shape index (κ1) is 8.68. The molecule has 0 aromatic carbocycles. The highest BCUT2D eigenvalue weighted by Crippen LogP contribution is 2.16. The van der Waals surface area contributed by atoms with E-state index in [1.54, 1.807) is 0 Å². The average molecular weight is 158 g/mol. The summed E-state index contributed by atoms with van der Waals surface area (Å²) in [5.74, 6) is -0.166. The van der Waals surface area contributed by atoms with Crippen molar-refractivity contribution in [3.05, 3.63) is 0 Å². The Morgan fingerprint density at radius 3 is 3.00 bits per heavy atom. The number of hydrogen-bond donors (Lipinski definition) is 1. The molecule has 2 unspecified atom stereocenters. The van der Waals surface area contributed by atoms with Crippen molar-refractivity contribution in [3.8, 4) is 0 Å². The maximum absolute atomic E-state index is 10.6. The van der Waals surface area contributed by atoms with Gasteiger partial charge in [0.2, 0.25) is 0 Å². The molecule has 0 aromatic heterocycles. The predicted octanol–water partition coefficient (Wildman–Crippen LogP) is 0.505. The van der Waals surface area contributed by atoms with Gasteiger partial charge >= 0.3 is 0 Å². The van der Waals surface area contributed by atoms with Crippen LogP contribution >= 0.6 is 0 Å². The molecule has 1 rings (SSSR count). The minimum absolute atomic E-state index is 0.105. The van der Waals surface area contributed by atoms with Crippen molar-refractivity contribution < 1.29 is 14.6 Å². The number of Topliss-reactive ketones (excluding diaryl/α,β-unsaturated/α-hetero) is 1. The fourth-order valence-electron chi connectivity index (χ4n) is 1.25. The first-order valence-electron chi connectivity index (χ1n) is 4.00. The summed E-state index contributed by atoms with van der Waals surface area (Å²) in [4.78, 5) is 10.6. The Bertz CT molecular complexity index is 138. The van der Waals surface area contributed by atoms with Crippen LogP contribution in [0.15, 0.2) is 0 Å². The Morgan fingerprint density at radius 1 is 1.82 bits per heavy atom. The van der Waals surface area contributed by atoms with Crippen LogP contribution in [0, 0.1) is 0 Å². The van der Waals surface area contributed by atoms with E-state index in [1.807, 2.05) is 0 Å². The largest absolute Gasteiger partial charge is 0.385 e. The normalized spacial score (nSPS) is 26.9. The van der Waals surface area contributed by atoms with Crippen molar-refractivity contribution in [2.45, 2.75) is 38.4 Å². The van der Waals surface area contributed by atoms with Gasteiger partial charge in [-0.25, -0.2) is 0 Å². The molecule has 0 amide bonds. The smallest absolute Gasteiger partial charge is 0.158 e. The molecule has 11 heavy (non-hydrogen) atoms. The second-order valence-electron chi connectivity index (χ2n) is 3.00. The lowest BCUT2D eigenvalue weighted by molar-refractivity contribution is -0.126. The predicted molar refractivity (Wildman–Crippen MR) is 40.3 cm³/mol. The molecule has 0 radical (unpaired) electrons. The third-order valence-corrected chi connectivity index (χ3v) is 1.98. The number of carbonyl (C=O) groups is 1. The van der Waals surface area contributed by atoms with Crippen molar-refractivity contribution in [3.63, 3.8) is 0 Å². The van der Waals surface area contributed by atoms with Crippen LogP contribution in [0.4, 0.5) is 0 Å². The monoisotopic (exact) mass is 158 g/mol. The number of rotatable bonds is 3. The zero-order valence-corrected chi connectivity index (χ0v) is 6.75. The molecular formula is C8H14O3. The zero-order valence-electron chi connectivity index (χ0n) is 6.75. The summed E-state index contributed by atoms with van der Waals surface area (Å²) in [5.41, 5.74) is 0. The number of aliphatic hydroxyl groups excluding tert-OH is 1. The SMILES string of the molecule is CC(=O)C(O)CC1CCCO1. The van der Waals surface area contributed by atoms with E-state index in [0.717, 1.165) is 19.4 Å². The molecule has 1 heterocycles. The number of ketones is 1. The Morgan fingerprint density at radius 2 is 2.55 bits per heavy atom. The van der Waals surface area contributed by atoms with E-state index in [1.165, 1.54) is 6.92 Å². The van der Waals surface area contributed by atoms with E-state index in [4.69, 9.17) is 9.84 Å². The molecule has 0 aliphatic carbocycles. The van der Waals surface area contributed by atoms with Crippen LogP contribution in [0.5, 0.6) is 0 Å². The van der Waals surface area contributed by atoms with E-state index in [9.17, 15) is 4.79 Å². The lowest BCUT2D eigenvalue weighted by Gasteiger charge is -2.11. The maximum atomic E-state index is 10.6. The van der Waals surface area contributed by atoms with Gasteiger partial charge in [-0.05, 0) is 19.8 Å². The molecule has 3 nitrogen and oxygen atoms in total. The number of hydrogen-bond acceptors (Lipinski definition) is 3. The van der Waals surface area contributed by atoms with Gasteiger partial charge in [0.25, 0.3) is 0 Å². The van der Waals surface area contributed by atoms with Gasteiger partial charge in [0.05, 0.1) is 6.10 Å². The average Bonchev–Trinajstić information content (AvgIpc) is 2.39. The van der Waals surface area contributed by atoms with E-state index in [-0.39, 0.29) is 11.9 Å². The minimum atomic E-state index is -0.821. The molecule has 64 valence electrons. The fourth-order valence-corrected chi connectivity index (χ4v) is 1.25. The standard InChI is InChI=1S/C8H14O3/c1-6(9)8(10)5-7-3-2-4-11-7/h7-8,10H,2-5H2,1H3. The Hall–Kier alpha value is -0.410. The molecule has 0 saturated carbocycles. The fraction of sp³-hybridized carbons (Fsp3) is 0.875. The molecule has 1 aliphatic rings. The van der Waals surface area contributed by atoms with E-state index in [2.05, 4.69) is 0 Å². The van der Waals surface area contributed by atoms with Crippen molar-refractivity contribution >= 4 is 5.78 Å². The quantitative estimate of drug-likeness (QED) is 0.650. The lowest BCUT2D eigenvalue weighted by Crippen LogP contribution is -2.23. The van der Waals surface area contributed by atoms with Crippen LogP contribution < -0.4 is 0 Å². The van der Waals surface area contributed by atoms with E-state index in [0.29, 0.717) is 6.42 Å². The van der Waals surface area contributed by atoms with Crippen LogP contribution in [0.2, 0.25) is 0 Å². The molecular weight excluding hydrogens is 144 g/mol. The third-order valence-electron chi connectivity index (χ3n) is 1.98. The van der Waals surface area contributed by atoms with Crippen molar-refractivity contribution in [1.82, 2.24) is 0 Å². The highest BCUT2D eigenvalue weighted by Gasteiger charge is 2.21. The van der Waals surface area contributed by atoms with Gasteiger partial charge in [-0.3, -0.25) is 4.79 Å². The summed E-state index contributed by atoms with van der Waals surface area (Å²) in [5, 5.41) is 9.16. The van der Waals surface area contributed by atoms with Crippen molar-refractivity contribution in [2.24, 2.45) is 0 Å². The Balaban J connectivity index is 2.23. The van der Waals surface area contributed by atoms with Crippen molar-refractivity contribution in [1.29, 1.82) is 0 Å². The van der Waals surface area contributed by atoms with Crippen LogP contribution in [0.25, 0.3) is 0 Å². The molecule has 1 saturated heterocycles. The molecule has 0 aromatic rings. The van der Waals surface area contributed by atoms with Gasteiger partial charge in [0, 0.05) is 13.0 Å². The minimum Gasteiger partial charge on any atom is -0.385 e. The first-order chi connectivity index (χ1) is 5.20. The molecule has 2 atom stereocenters. The summed E-state index contributed by atoms with van der Waals surface area (Å²) >= 11 is 0. The molecule has 0 spiro atoms.